The fraction of sp³-hybridized carbons (Fsp3) is 0.600. The summed E-state index contributed by atoms with van der Waals surface area (Å²) in [6.07, 6.45) is 0. The van der Waals surface area contributed by atoms with Gasteiger partial charge >= 0.3 is 5.69 Å². The fourth-order valence-electron chi connectivity index (χ4n) is 1.51. The van der Waals surface area contributed by atoms with Gasteiger partial charge < -0.3 is 9.80 Å². The predicted molar refractivity (Wildman–Crippen MR) is 71.6 cm³/mol. The monoisotopic (exact) mass is 273 g/mol. The number of nitro groups is 1. The zero-order valence-corrected chi connectivity index (χ0v) is 11.6. The van der Waals surface area contributed by atoms with Crippen molar-refractivity contribution >= 4 is 29.1 Å². The molecule has 0 saturated carbocycles. The molecule has 1 aromatic rings. The molecule has 100 valence electrons. The fourth-order valence-corrected chi connectivity index (χ4v) is 1.74. The lowest BCUT2D eigenvalue weighted by atomic mass is 10.4. The maximum absolute atomic E-state index is 11.1. The molecule has 1 rings (SSSR count). The highest BCUT2D eigenvalue weighted by Crippen LogP contribution is 2.33. The molecule has 0 fully saturated rings. The molecule has 1 aromatic heterocycles. The van der Waals surface area contributed by atoms with Crippen LogP contribution in [-0.2, 0) is 0 Å². The van der Waals surface area contributed by atoms with E-state index in [4.69, 9.17) is 11.6 Å². The molecule has 0 unspecified atom stereocenters. The van der Waals surface area contributed by atoms with Gasteiger partial charge in [0.1, 0.15) is 0 Å². The van der Waals surface area contributed by atoms with E-state index in [1.165, 1.54) is 0 Å². The quantitative estimate of drug-likeness (QED) is 0.464. The van der Waals surface area contributed by atoms with Crippen molar-refractivity contribution in [3.05, 3.63) is 15.3 Å². The van der Waals surface area contributed by atoms with Gasteiger partial charge in [-0.05, 0) is 13.8 Å². The van der Waals surface area contributed by atoms with E-state index in [2.05, 4.69) is 9.97 Å². The van der Waals surface area contributed by atoms with Crippen LogP contribution in [0.5, 0.6) is 0 Å². The lowest BCUT2D eigenvalue weighted by molar-refractivity contribution is -0.384. The highest BCUT2D eigenvalue weighted by atomic mass is 35.5. The Morgan fingerprint density at radius 2 is 1.83 bits per heavy atom. The van der Waals surface area contributed by atoms with Gasteiger partial charge in [0.25, 0.3) is 0 Å². The van der Waals surface area contributed by atoms with Gasteiger partial charge in [-0.1, -0.05) is 11.6 Å². The van der Waals surface area contributed by atoms with Crippen molar-refractivity contribution in [2.24, 2.45) is 0 Å². The van der Waals surface area contributed by atoms with E-state index in [0.29, 0.717) is 19.0 Å². The predicted octanol–water partition coefficient (Wildman–Crippen LogP) is 1.95. The lowest BCUT2D eigenvalue weighted by Crippen LogP contribution is -2.25. The van der Waals surface area contributed by atoms with E-state index >= 15 is 0 Å². The van der Waals surface area contributed by atoms with Crippen LogP contribution in [0.2, 0.25) is 5.15 Å². The molecule has 0 radical (unpaired) electrons. The standard InChI is InChI=1S/C10H16ClN5O2/c1-5-15(6-2)9-7(16(17)18)8(11)12-10(13-9)14(3)4/h5-6H2,1-4H3. The molecule has 0 aliphatic rings. The number of nitrogens with zero attached hydrogens (tertiary/aromatic N) is 5. The number of anilines is 2. The van der Waals surface area contributed by atoms with Crippen molar-refractivity contribution in [2.45, 2.75) is 13.8 Å². The van der Waals surface area contributed by atoms with Crippen molar-refractivity contribution in [3.8, 4) is 0 Å². The summed E-state index contributed by atoms with van der Waals surface area (Å²) in [5.41, 5.74) is -0.244. The molecule has 0 N–H and O–H groups in total. The maximum atomic E-state index is 11.1. The topological polar surface area (TPSA) is 75.4 Å². The average Bonchev–Trinajstić information content (AvgIpc) is 2.29. The molecular formula is C10H16ClN5O2. The first-order chi connectivity index (χ1) is 8.42. The summed E-state index contributed by atoms with van der Waals surface area (Å²) in [5.74, 6) is 0.612. The first-order valence-electron chi connectivity index (χ1n) is 5.56. The van der Waals surface area contributed by atoms with Gasteiger partial charge in [-0.2, -0.15) is 9.97 Å². The van der Waals surface area contributed by atoms with Gasteiger partial charge in [0.2, 0.25) is 16.9 Å². The van der Waals surface area contributed by atoms with Gasteiger partial charge in [-0.3, -0.25) is 10.1 Å². The van der Waals surface area contributed by atoms with Gasteiger partial charge in [-0.15, -0.1) is 0 Å². The second kappa shape index (κ2) is 5.81. The normalized spacial score (nSPS) is 10.3. The largest absolute Gasteiger partial charge is 0.351 e. The molecular weight excluding hydrogens is 258 g/mol. The van der Waals surface area contributed by atoms with Gasteiger partial charge in [0.05, 0.1) is 4.92 Å². The Morgan fingerprint density at radius 1 is 1.28 bits per heavy atom. The summed E-state index contributed by atoms with van der Waals surface area (Å²) in [5, 5.41) is 10.9. The van der Waals surface area contributed by atoms with Crippen molar-refractivity contribution in [3.63, 3.8) is 0 Å². The summed E-state index contributed by atoms with van der Waals surface area (Å²) in [6.45, 7) is 5.02. The minimum atomic E-state index is -0.546. The number of hydrogen-bond donors (Lipinski definition) is 0. The van der Waals surface area contributed by atoms with Crippen LogP contribution in [0.3, 0.4) is 0 Å². The first kappa shape index (κ1) is 14.4. The Labute approximate surface area is 111 Å². The molecule has 18 heavy (non-hydrogen) atoms. The Kier molecular flexibility index (Phi) is 4.66. The van der Waals surface area contributed by atoms with Gasteiger partial charge in [-0.25, -0.2) is 0 Å². The minimum absolute atomic E-state index is 0.138. The Balaban J connectivity index is 3.46. The molecule has 0 bridgehead atoms. The molecule has 0 atom stereocenters. The highest BCUT2D eigenvalue weighted by molar-refractivity contribution is 6.32. The molecule has 0 aliphatic carbocycles. The van der Waals surface area contributed by atoms with Crippen molar-refractivity contribution < 1.29 is 4.92 Å². The molecule has 8 heteroatoms. The van der Waals surface area contributed by atoms with Crippen LogP contribution in [0.15, 0.2) is 0 Å². The number of halogens is 1. The number of hydrogen-bond acceptors (Lipinski definition) is 6. The summed E-state index contributed by atoms with van der Waals surface area (Å²) in [6, 6.07) is 0. The van der Waals surface area contributed by atoms with Crippen molar-refractivity contribution in [2.75, 3.05) is 37.0 Å². The van der Waals surface area contributed by atoms with Crippen LogP contribution < -0.4 is 9.80 Å². The van der Waals surface area contributed by atoms with E-state index < -0.39 is 4.92 Å². The molecule has 0 saturated heterocycles. The molecule has 1 heterocycles. The second-order valence-electron chi connectivity index (χ2n) is 3.81. The third kappa shape index (κ3) is 2.79. The summed E-state index contributed by atoms with van der Waals surface area (Å²) < 4.78 is 0. The van der Waals surface area contributed by atoms with E-state index in [0.717, 1.165) is 0 Å². The number of aromatic nitrogens is 2. The van der Waals surface area contributed by atoms with Crippen LogP contribution >= 0.6 is 11.6 Å². The minimum Gasteiger partial charge on any atom is -0.351 e. The first-order valence-corrected chi connectivity index (χ1v) is 5.94. The molecule has 7 nitrogen and oxygen atoms in total. The lowest BCUT2D eigenvalue weighted by Gasteiger charge is -2.21. The summed E-state index contributed by atoms with van der Waals surface area (Å²) in [7, 11) is 3.51. The average molecular weight is 274 g/mol. The van der Waals surface area contributed by atoms with Crippen LogP contribution in [-0.4, -0.2) is 42.1 Å². The third-order valence-corrected chi connectivity index (χ3v) is 2.72. The van der Waals surface area contributed by atoms with Crippen LogP contribution in [0, 0.1) is 10.1 Å². The molecule has 0 aliphatic heterocycles. The Hall–Kier alpha value is -1.63. The molecule has 0 aromatic carbocycles. The van der Waals surface area contributed by atoms with E-state index in [1.807, 2.05) is 13.8 Å². The third-order valence-electron chi connectivity index (χ3n) is 2.46. The summed E-state index contributed by atoms with van der Waals surface area (Å²) >= 11 is 5.89. The smallest absolute Gasteiger partial charge is 0.348 e. The van der Waals surface area contributed by atoms with Crippen molar-refractivity contribution in [1.82, 2.24) is 9.97 Å². The zero-order valence-electron chi connectivity index (χ0n) is 10.8. The zero-order chi connectivity index (χ0) is 13.9. The Morgan fingerprint density at radius 3 is 2.22 bits per heavy atom. The number of rotatable bonds is 5. The Bertz CT molecular complexity index is 448. The molecule has 0 amide bonds. The SMILES string of the molecule is CCN(CC)c1nc(N(C)C)nc(Cl)c1[N+](=O)[O-]. The van der Waals surface area contributed by atoms with Gasteiger partial charge in [0.15, 0.2) is 0 Å². The maximum Gasteiger partial charge on any atom is 0.348 e. The molecule has 0 spiro atoms. The van der Waals surface area contributed by atoms with Crippen LogP contribution in [0.25, 0.3) is 0 Å². The van der Waals surface area contributed by atoms with E-state index in [1.54, 1.807) is 23.9 Å². The van der Waals surface area contributed by atoms with E-state index in [9.17, 15) is 10.1 Å². The van der Waals surface area contributed by atoms with Crippen molar-refractivity contribution in [1.29, 1.82) is 0 Å². The second-order valence-corrected chi connectivity index (χ2v) is 4.17. The van der Waals surface area contributed by atoms with Crippen LogP contribution in [0.4, 0.5) is 17.5 Å². The van der Waals surface area contributed by atoms with Crippen LogP contribution in [0.1, 0.15) is 13.8 Å². The van der Waals surface area contributed by atoms with Gasteiger partial charge in [0, 0.05) is 27.2 Å². The van der Waals surface area contributed by atoms with E-state index in [-0.39, 0.29) is 16.7 Å². The summed E-state index contributed by atoms with van der Waals surface area (Å²) in [4.78, 5) is 22.1. The highest BCUT2D eigenvalue weighted by Gasteiger charge is 2.27.